The molecule has 0 aromatic heterocycles. The van der Waals surface area contributed by atoms with E-state index in [2.05, 4.69) is 28.3 Å². The Morgan fingerprint density at radius 1 is 1.40 bits per heavy atom. The first kappa shape index (κ1) is 12.1. The van der Waals surface area contributed by atoms with Gasteiger partial charge in [-0.15, -0.1) is 0 Å². The van der Waals surface area contributed by atoms with Crippen LogP contribution in [0.15, 0.2) is 42.5 Å². The Bertz CT molecular complexity index is 335. The van der Waals surface area contributed by atoms with Crippen molar-refractivity contribution in [2.45, 2.75) is 13.5 Å². The van der Waals surface area contributed by atoms with Gasteiger partial charge in [-0.25, -0.2) is 3.93 Å². The maximum absolute atomic E-state index is 10.7. The van der Waals surface area contributed by atoms with Gasteiger partial charge in [0, 0.05) is 29.2 Å². The van der Waals surface area contributed by atoms with Gasteiger partial charge < -0.3 is 0 Å². The first-order valence-electron chi connectivity index (χ1n) is 4.80. The molecule has 3 heteroatoms. The van der Waals surface area contributed by atoms with E-state index in [0.717, 1.165) is 6.54 Å². The number of nitrogens with zero attached hydrogens (tertiary/aromatic N) is 1. The van der Waals surface area contributed by atoms with E-state index in [1.165, 1.54) is 5.56 Å². The van der Waals surface area contributed by atoms with Crippen LogP contribution in [0.4, 0.5) is 0 Å². The van der Waals surface area contributed by atoms with Crippen molar-refractivity contribution in [3.8, 4) is 0 Å². The van der Waals surface area contributed by atoms with Gasteiger partial charge in [-0.3, -0.25) is 4.79 Å². The predicted octanol–water partition coefficient (Wildman–Crippen LogP) is 2.94. The van der Waals surface area contributed by atoms with E-state index in [0.29, 0.717) is 6.54 Å². The highest BCUT2D eigenvalue weighted by Gasteiger charge is 1.98. The molecule has 80 valence electrons. The number of rotatable bonds is 5. The molecule has 0 aliphatic heterocycles. The zero-order chi connectivity index (χ0) is 11.1. The lowest BCUT2D eigenvalue weighted by Crippen LogP contribution is -2.10. The molecule has 0 heterocycles. The minimum atomic E-state index is 0.0793. The third-order valence-electron chi connectivity index (χ3n) is 1.85. The van der Waals surface area contributed by atoms with E-state index in [1.54, 1.807) is 13.0 Å². The van der Waals surface area contributed by atoms with E-state index in [1.807, 2.05) is 28.2 Å². The maximum Gasteiger partial charge on any atom is 0.152 e. The summed E-state index contributed by atoms with van der Waals surface area (Å²) < 4.78 is 1.97. The van der Waals surface area contributed by atoms with E-state index >= 15 is 0 Å². The fourth-order valence-corrected chi connectivity index (χ4v) is 1.64. The number of hydrogen-bond donors (Lipinski definition) is 0. The molecule has 0 aliphatic rings. The zero-order valence-corrected chi connectivity index (χ0v) is 10.3. The van der Waals surface area contributed by atoms with E-state index in [9.17, 15) is 4.79 Å². The van der Waals surface area contributed by atoms with Gasteiger partial charge in [0.1, 0.15) is 0 Å². The molecule has 0 bridgehead atoms. The van der Waals surface area contributed by atoms with Crippen molar-refractivity contribution >= 4 is 21.9 Å². The highest BCUT2D eigenvalue weighted by molar-refractivity contribution is 9.07. The summed E-state index contributed by atoms with van der Waals surface area (Å²) in [6.45, 7) is 3.09. The average molecular weight is 268 g/mol. The SMILES string of the molecule is CC(=O)/C=C/CN(Br)Cc1ccccc1. The third kappa shape index (κ3) is 5.50. The molecule has 1 rings (SSSR count). The molecule has 0 saturated heterocycles. The second-order valence-electron chi connectivity index (χ2n) is 3.30. The number of carbonyl (C=O) groups excluding carboxylic acids is 1. The van der Waals surface area contributed by atoms with Crippen LogP contribution in [0, 0.1) is 0 Å². The summed E-state index contributed by atoms with van der Waals surface area (Å²) in [5, 5.41) is 0. The fraction of sp³-hybridized carbons (Fsp3) is 0.250. The van der Waals surface area contributed by atoms with Crippen LogP contribution in [-0.4, -0.2) is 16.3 Å². The van der Waals surface area contributed by atoms with Crippen molar-refractivity contribution in [3.63, 3.8) is 0 Å². The Morgan fingerprint density at radius 2 is 2.07 bits per heavy atom. The second kappa shape index (κ2) is 6.53. The standard InChI is InChI=1S/C12H14BrNO/c1-11(15)6-5-9-14(13)10-12-7-3-2-4-8-12/h2-8H,9-10H2,1H3/b6-5+. The highest BCUT2D eigenvalue weighted by Crippen LogP contribution is 2.07. The molecule has 0 amide bonds. The normalized spacial score (nSPS) is 11.1. The summed E-state index contributed by atoms with van der Waals surface area (Å²) in [4.78, 5) is 10.7. The molecule has 0 unspecified atom stereocenters. The summed E-state index contributed by atoms with van der Waals surface area (Å²) >= 11 is 3.44. The average Bonchev–Trinajstić information content (AvgIpc) is 2.18. The van der Waals surface area contributed by atoms with Crippen molar-refractivity contribution in [2.75, 3.05) is 6.54 Å². The lowest BCUT2D eigenvalue weighted by molar-refractivity contribution is -0.112. The zero-order valence-electron chi connectivity index (χ0n) is 8.69. The monoisotopic (exact) mass is 267 g/mol. The highest BCUT2D eigenvalue weighted by atomic mass is 79.9. The van der Waals surface area contributed by atoms with Crippen LogP contribution >= 0.6 is 16.1 Å². The van der Waals surface area contributed by atoms with Gasteiger partial charge in [-0.2, -0.15) is 0 Å². The minimum Gasteiger partial charge on any atom is -0.295 e. The molecule has 0 aliphatic carbocycles. The minimum absolute atomic E-state index is 0.0793. The number of halogens is 1. The lowest BCUT2D eigenvalue weighted by Gasteiger charge is -2.11. The predicted molar refractivity (Wildman–Crippen MR) is 65.6 cm³/mol. The molecule has 0 spiro atoms. The molecule has 1 aromatic rings. The third-order valence-corrected chi connectivity index (χ3v) is 2.39. The van der Waals surface area contributed by atoms with Crippen LogP contribution in [0.3, 0.4) is 0 Å². The largest absolute Gasteiger partial charge is 0.295 e. The number of carbonyl (C=O) groups is 1. The molecule has 15 heavy (non-hydrogen) atoms. The summed E-state index contributed by atoms with van der Waals surface area (Å²) in [6.07, 6.45) is 3.43. The molecular formula is C12H14BrNO. The maximum atomic E-state index is 10.7. The molecule has 0 saturated carbocycles. The number of benzene rings is 1. The van der Waals surface area contributed by atoms with Crippen molar-refractivity contribution in [1.82, 2.24) is 3.93 Å². The first-order valence-corrected chi connectivity index (χ1v) is 5.51. The summed E-state index contributed by atoms with van der Waals surface area (Å²) in [5.74, 6) is 0.0793. The summed E-state index contributed by atoms with van der Waals surface area (Å²) in [6, 6.07) is 10.2. The molecule has 0 fully saturated rings. The van der Waals surface area contributed by atoms with Crippen LogP contribution in [0.1, 0.15) is 12.5 Å². The molecular weight excluding hydrogens is 254 g/mol. The molecule has 2 nitrogen and oxygen atoms in total. The van der Waals surface area contributed by atoms with Gasteiger partial charge in [0.05, 0.1) is 0 Å². The topological polar surface area (TPSA) is 20.3 Å². The van der Waals surface area contributed by atoms with Gasteiger partial charge in [0.15, 0.2) is 5.78 Å². The first-order chi connectivity index (χ1) is 7.18. The van der Waals surface area contributed by atoms with Gasteiger partial charge in [0.2, 0.25) is 0 Å². The van der Waals surface area contributed by atoms with Gasteiger partial charge >= 0.3 is 0 Å². The summed E-state index contributed by atoms with van der Waals surface area (Å²) in [7, 11) is 0. The smallest absolute Gasteiger partial charge is 0.152 e. The summed E-state index contributed by atoms with van der Waals surface area (Å²) in [5.41, 5.74) is 1.24. The molecule has 1 aromatic carbocycles. The second-order valence-corrected chi connectivity index (χ2v) is 4.31. The van der Waals surface area contributed by atoms with Gasteiger partial charge in [0.25, 0.3) is 0 Å². The number of hydrogen-bond acceptors (Lipinski definition) is 2. The van der Waals surface area contributed by atoms with E-state index in [4.69, 9.17) is 0 Å². The van der Waals surface area contributed by atoms with Crippen LogP contribution in [0.5, 0.6) is 0 Å². The molecule has 0 N–H and O–H groups in total. The molecule has 0 atom stereocenters. The quantitative estimate of drug-likeness (QED) is 0.604. The van der Waals surface area contributed by atoms with E-state index in [-0.39, 0.29) is 5.78 Å². The number of allylic oxidation sites excluding steroid dienone is 1. The van der Waals surface area contributed by atoms with Gasteiger partial charge in [-0.1, -0.05) is 36.4 Å². The van der Waals surface area contributed by atoms with Crippen LogP contribution in [0.2, 0.25) is 0 Å². The van der Waals surface area contributed by atoms with Crippen molar-refractivity contribution in [2.24, 2.45) is 0 Å². The Morgan fingerprint density at radius 3 is 2.67 bits per heavy atom. The van der Waals surface area contributed by atoms with E-state index < -0.39 is 0 Å². The lowest BCUT2D eigenvalue weighted by atomic mass is 10.2. The van der Waals surface area contributed by atoms with Crippen molar-refractivity contribution in [1.29, 1.82) is 0 Å². The number of ketones is 1. The Kier molecular flexibility index (Phi) is 5.29. The Labute approximate surface area is 98.9 Å². The molecule has 0 radical (unpaired) electrons. The van der Waals surface area contributed by atoms with Gasteiger partial charge in [-0.05, 0) is 18.6 Å². The van der Waals surface area contributed by atoms with Crippen LogP contribution < -0.4 is 0 Å². The van der Waals surface area contributed by atoms with Crippen molar-refractivity contribution in [3.05, 3.63) is 48.0 Å². The fourth-order valence-electron chi connectivity index (χ4n) is 1.18. The van der Waals surface area contributed by atoms with Crippen molar-refractivity contribution < 1.29 is 4.79 Å². The van der Waals surface area contributed by atoms with Crippen LogP contribution in [-0.2, 0) is 11.3 Å². The Balaban J connectivity index is 2.36. The van der Waals surface area contributed by atoms with Crippen LogP contribution in [0.25, 0.3) is 0 Å². The Hall–Kier alpha value is -0.930.